The summed E-state index contributed by atoms with van der Waals surface area (Å²) in [4.78, 5) is 35.0. The fourth-order valence-corrected chi connectivity index (χ4v) is 1.96. The number of carboxylic acid groups (broad SMARTS) is 1. The van der Waals surface area contributed by atoms with E-state index >= 15 is 0 Å². The van der Waals surface area contributed by atoms with Crippen molar-refractivity contribution in [1.82, 2.24) is 10.2 Å². The molecular weight excluding hydrogens is 254 g/mol. The molecule has 1 aliphatic rings. The summed E-state index contributed by atoms with van der Waals surface area (Å²) >= 11 is 0. The normalized spacial score (nSPS) is 20.7. The highest BCUT2D eigenvalue weighted by Crippen LogP contribution is 2.12. The Hall–Kier alpha value is -1.83. The highest BCUT2D eigenvalue weighted by Gasteiger charge is 2.28. The molecule has 2 unspecified atom stereocenters. The lowest BCUT2D eigenvalue weighted by atomic mass is 10.1. The molecule has 19 heavy (non-hydrogen) atoms. The summed E-state index contributed by atoms with van der Waals surface area (Å²) < 4.78 is 5.18. The van der Waals surface area contributed by atoms with Crippen LogP contribution >= 0.6 is 0 Å². The number of amides is 3. The molecule has 1 heterocycles. The van der Waals surface area contributed by atoms with Crippen molar-refractivity contribution in [1.29, 1.82) is 0 Å². The van der Waals surface area contributed by atoms with Gasteiger partial charge in [0.1, 0.15) is 6.04 Å². The fraction of sp³-hybridized carbons (Fsp3) is 0.727. The molecule has 108 valence electrons. The van der Waals surface area contributed by atoms with Crippen LogP contribution in [-0.2, 0) is 14.3 Å². The molecule has 1 fully saturated rings. The van der Waals surface area contributed by atoms with Crippen molar-refractivity contribution in [3.05, 3.63) is 0 Å². The Bertz CT molecular complexity index is 360. The average molecular weight is 273 g/mol. The minimum absolute atomic E-state index is 0.0427. The maximum Gasteiger partial charge on any atom is 0.326 e. The van der Waals surface area contributed by atoms with Crippen LogP contribution in [0.4, 0.5) is 4.79 Å². The molecular formula is C11H19N3O5. The van der Waals surface area contributed by atoms with Crippen LogP contribution in [0.2, 0.25) is 0 Å². The molecule has 0 saturated carbocycles. The van der Waals surface area contributed by atoms with Crippen LogP contribution in [0.25, 0.3) is 0 Å². The first-order valence-corrected chi connectivity index (χ1v) is 6.03. The number of piperidine rings is 1. The number of hydrogen-bond acceptors (Lipinski definition) is 4. The summed E-state index contributed by atoms with van der Waals surface area (Å²) in [6.07, 6.45) is 1.19. The second kappa shape index (κ2) is 6.93. The molecule has 0 aromatic heterocycles. The lowest BCUT2D eigenvalue weighted by Crippen LogP contribution is -2.52. The number of likely N-dealkylation sites (tertiary alicyclic amines) is 1. The van der Waals surface area contributed by atoms with Gasteiger partial charge in [-0.15, -0.1) is 0 Å². The second-order valence-corrected chi connectivity index (χ2v) is 4.46. The number of rotatable bonds is 5. The molecule has 0 aliphatic carbocycles. The van der Waals surface area contributed by atoms with Crippen molar-refractivity contribution < 1.29 is 24.2 Å². The molecule has 0 aromatic carbocycles. The third-order valence-electron chi connectivity index (χ3n) is 3.00. The van der Waals surface area contributed by atoms with Gasteiger partial charge in [0.25, 0.3) is 0 Å². The Morgan fingerprint density at radius 3 is 2.74 bits per heavy atom. The predicted octanol–water partition coefficient (Wildman–Crippen LogP) is -0.865. The van der Waals surface area contributed by atoms with Gasteiger partial charge in [0, 0.05) is 20.2 Å². The van der Waals surface area contributed by atoms with Gasteiger partial charge in [-0.2, -0.15) is 0 Å². The van der Waals surface area contributed by atoms with E-state index in [9.17, 15) is 14.4 Å². The Labute approximate surface area is 110 Å². The van der Waals surface area contributed by atoms with E-state index in [2.05, 4.69) is 5.32 Å². The zero-order valence-electron chi connectivity index (χ0n) is 10.8. The summed E-state index contributed by atoms with van der Waals surface area (Å²) in [5, 5.41) is 11.2. The molecule has 8 heteroatoms. The summed E-state index contributed by atoms with van der Waals surface area (Å²) in [6.45, 7) is 0.944. The van der Waals surface area contributed by atoms with Crippen molar-refractivity contribution in [2.75, 3.05) is 20.2 Å². The molecule has 3 amide bonds. The second-order valence-electron chi connectivity index (χ2n) is 4.46. The number of urea groups is 1. The third-order valence-corrected chi connectivity index (χ3v) is 3.00. The van der Waals surface area contributed by atoms with E-state index in [1.165, 1.54) is 4.90 Å². The lowest BCUT2D eigenvalue weighted by molar-refractivity contribution is -0.141. The van der Waals surface area contributed by atoms with Gasteiger partial charge in [-0.05, 0) is 12.8 Å². The van der Waals surface area contributed by atoms with Gasteiger partial charge in [-0.3, -0.25) is 4.79 Å². The van der Waals surface area contributed by atoms with Gasteiger partial charge in [0.05, 0.1) is 12.5 Å². The Kier molecular flexibility index (Phi) is 5.56. The summed E-state index contributed by atoms with van der Waals surface area (Å²) in [5.41, 5.74) is 4.94. The third kappa shape index (κ3) is 4.74. The van der Waals surface area contributed by atoms with Crippen molar-refractivity contribution in [2.45, 2.75) is 31.4 Å². The largest absolute Gasteiger partial charge is 0.480 e. The number of methoxy groups -OCH3 is 1. The molecule has 0 aromatic rings. The molecule has 1 saturated heterocycles. The first-order chi connectivity index (χ1) is 8.93. The van der Waals surface area contributed by atoms with Crippen LogP contribution in [0.15, 0.2) is 0 Å². The maximum atomic E-state index is 11.9. The quantitative estimate of drug-likeness (QED) is 0.601. The molecule has 4 N–H and O–H groups in total. The number of primary amides is 1. The van der Waals surface area contributed by atoms with Crippen molar-refractivity contribution in [3.63, 3.8) is 0 Å². The van der Waals surface area contributed by atoms with E-state index in [0.29, 0.717) is 13.1 Å². The minimum atomic E-state index is -1.30. The average Bonchev–Trinajstić information content (AvgIpc) is 2.37. The van der Waals surface area contributed by atoms with Gasteiger partial charge in [0.15, 0.2) is 0 Å². The topological polar surface area (TPSA) is 122 Å². The van der Waals surface area contributed by atoms with Gasteiger partial charge < -0.3 is 25.8 Å². The number of nitrogens with zero attached hydrogens (tertiary/aromatic N) is 1. The number of nitrogens with two attached hydrogens (primary N) is 1. The standard InChI is InChI=1S/C11H19N3O5/c1-19-7-3-2-4-14(6-7)11(18)13-8(10(16)17)5-9(12)15/h7-8H,2-6H2,1H3,(H2,12,15)(H,13,18)(H,16,17). The van der Waals surface area contributed by atoms with Gasteiger partial charge >= 0.3 is 12.0 Å². The Morgan fingerprint density at radius 1 is 1.53 bits per heavy atom. The van der Waals surface area contributed by atoms with Crippen molar-refractivity contribution in [2.24, 2.45) is 5.73 Å². The van der Waals surface area contributed by atoms with Crippen LogP contribution in [0.1, 0.15) is 19.3 Å². The molecule has 1 aliphatic heterocycles. The van der Waals surface area contributed by atoms with E-state index in [1.54, 1.807) is 7.11 Å². The summed E-state index contributed by atoms with van der Waals surface area (Å²) in [7, 11) is 1.57. The number of carboxylic acids is 1. The first kappa shape index (κ1) is 15.2. The summed E-state index contributed by atoms with van der Waals surface area (Å²) in [5.74, 6) is -2.06. The maximum absolute atomic E-state index is 11.9. The Balaban J connectivity index is 2.56. The highest BCUT2D eigenvalue weighted by molar-refractivity contribution is 5.87. The van der Waals surface area contributed by atoms with Gasteiger partial charge in [-0.1, -0.05) is 0 Å². The van der Waals surface area contributed by atoms with E-state index < -0.39 is 30.4 Å². The van der Waals surface area contributed by atoms with Crippen LogP contribution in [0.3, 0.4) is 0 Å². The van der Waals surface area contributed by atoms with Crippen LogP contribution < -0.4 is 11.1 Å². The SMILES string of the molecule is COC1CCCN(C(=O)NC(CC(N)=O)C(=O)O)C1. The monoisotopic (exact) mass is 273 g/mol. The number of ether oxygens (including phenoxy) is 1. The molecule has 1 rings (SSSR count). The number of nitrogens with one attached hydrogen (secondary N) is 1. The fourth-order valence-electron chi connectivity index (χ4n) is 1.96. The van der Waals surface area contributed by atoms with Crippen LogP contribution in [0, 0.1) is 0 Å². The van der Waals surface area contributed by atoms with Crippen LogP contribution in [0.5, 0.6) is 0 Å². The highest BCUT2D eigenvalue weighted by atomic mass is 16.5. The van der Waals surface area contributed by atoms with Crippen LogP contribution in [-0.4, -0.2) is 60.3 Å². The number of hydrogen-bond donors (Lipinski definition) is 3. The van der Waals surface area contributed by atoms with E-state index in [0.717, 1.165) is 12.8 Å². The summed E-state index contributed by atoms with van der Waals surface area (Å²) in [6, 6.07) is -1.82. The predicted molar refractivity (Wildman–Crippen MR) is 65.4 cm³/mol. The molecule has 0 spiro atoms. The van der Waals surface area contributed by atoms with Crippen molar-refractivity contribution in [3.8, 4) is 0 Å². The van der Waals surface area contributed by atoms with Gasteiger partial charge in [-0.25, -0.2) is 9.59 Å². The van der Waals surface area contributed by atoms with Crippen molar-refractivity contribution >= 4 is 17.9 Å². The van der Waals surface area contributed by atoms with E-state index in [-0.39, 0.29) is 6.10 Å². The Morgan fingerprint density at radius 2 is 2.21 bits per heavy atom. The number of carbonyl (C=O) groups excluding carboxylic acids is 2. The number of carbonyl (C=O) groups is 3. The van der Waals surface area contributed by atoms with E-state index in [4.69, 9.17) is 15.6 Å². The molecule has 8 nitrogen and oxygen atoms in total. The van der Waals surface area contributed by atoms with E-state index in [1.807, 2.05) is 0 Å². The smallest absolute Gasteiger partial charge is 0.326 e. The molecule has 0 radical (unpaired) electrons. The lowest BCUT2D eigenvalue weighted by Gasteiger charge is -2.32. The molecule has 2 atom stereocenters. The minimum Gasteiger partial charge on any atom is -0.480 e. The first-order valence-electron chi connectivity index (χ1n) is 6.03. The zero-order valence-corrected chi connectivity index (χ0v) is 10.8. The van der Waals surface area contributed by atoms with Gasteiger partial charge in [0.2, 0.25) is 5.91 Å². The molecule has 0 bridgehead atoms. The number of aliphatic carboxylic acids is 1. The zero-order chi connectivity index (χ0) is 14.4.